The fraction of sp³-hybridized carbons (Fsp3) is 1.00. The smallest absolute Gasteiger partial charge is 0.314 e. The second-order valence-electron chi connectivity index (χ2n) is 4.84. The lowest BCUT2D eigenvalue weighted by atomic mass is 10.0. The van der Waals surface area contributed by atoms with E-state index in [1.54, 1.807) is 0 Å². The number of nitrogens with one attached hydrogen (secondary N) is 1. The van der Waals surface area contributed by atoms with E-state index in [-0.39, 0.29) is 6.42 Å². The molecule has 1 atom stereocenters. The van der Waals surface area contributed by atoms with Crippen LogP contribution in [0.3, 0.4) is 0 Å². The fourth-order valence-electron chi connectivity index (χ4n) is 1.96. The molecule has 1 rings (SSSR count). The third-order valence-corrected chi connectivity index (χ3v) is 3.01. The molecular weight excluding hydrogens is 215 g/mol. The number of hydrogen-bond donors (Lipinski definition) is 1. The number of hydrogen-bond acceptors (Lipinski definition) is 1. The van der Waals surface area contributed by atoms with E-state index in [1.165, 1.54) is 12.8 Å². The van der Waals surface area contributed by atoms with E-state index in [0.717, 1.165) is 25.3 Å². The van der Waals surface area contributed by atoms with E-state index in [9.17, 15) is 13.2 Å². The van der Waals surface area contributed by atoms with Gasteiger partial charge >= 0.3 is 6.18 Å². The lowest BCUT2D eigenvalue weighted by molar-refractivity contribution is -0.135. The van der Waals surface area contributed by atoms with Crippen molar-refractivity contribution < 1.29 is 13.2 Å². The van der Waals surface area contributed by atoms with Gasteiger partial charge in [-0.15, -0.1) is 0 Å². The largest absolute Gasteiger partial charge is 0.389 e. The van der Waals surface area contributed by atoms with Crippen LogP contribution in [0.15, 0.2) is 0 Å². The third kappa shape index (κ3) is 7.09. The number of rotatable bonds is 8. The molecule has 4 heteroatoms. The molecule has 0 heterocycles. The zero-order chi connectivity index (χ0) is 12.0. The van der Waals surface area contributed by atoms with Crippen LogP contribution >= 0.6 is 0 Å². The van der Waals surface area contributed by atoms with Crippen LogP contribution in [0, 0.1) is 5.92 Å². The van der Waals surface area contributed by atoms with Gasteiger partial charge in [-0.25, -0.2) is 0 Å². The first-order valence-electron chi connectivity index (χ1n) is 6.31. The summed E-state index contributed by atoms with van der Waals surface area (Å²) in [5.74, 6) is 0.778. The minimum absolute atomic E-state index is 0.262. The van der Waals surface area contributed by atoms with Crippen LogP contribution < -0.4 is 5.32 Å². The molecule has 1 saturated carbocycles. The van der Waals surface area contributed by atoms with Crippen LogP contribution in [0.4, 0.5) is 13.2 Å². The predicted octanol–water partition coefficient (Wildman–Crippen LogP) is 3.89. The van der Waals surface area contributed by atoms with Crippen molar-refractivity contribution in [3.05, 3.63) is 0 Å². The summed E-state index contributed by atoms with van der Waals surface area (Å²) in [7, 11) is 0. The normalized spacial score (nSPS) is 18.8. The molecule has 0 saturated heterocycles. The summed E-state index contributed by atoms with van der Waals surface area (Å²) in [4.78, 5) is 0. The Balaban J connectivity index is 2.14. The summed E-state index contributed by atoms with van der Waals surface area (Å²) in [6.45, 7) is 3.00. The summed E-state index contributed by atoms with van der Waals surface area (Å²) >= 11 is 0. The van der Waals surface area contributed by atoms with Gasteiger partial charge in [0.25, 0.3) is 0 Å². The van der Waals surface area contributed by atoms with Gasteiger partial charge in [-0.05, 0) is 38.1 Å². The van der Waals surface area contributed by atoms with E-state index < -0.39 is 12.6 Å². The van der Waals surface area contributed by atoms with Gasteiger partial charge in [0.2, 0.25) is 0 Å². The molecule has 1 aliphatic carbocycles. The van der Waals surface area contributed by atoms with Crippen LogP contribution in [0.1, 0.15) is 51.9 Å². The van der Waals surface area contributed by atoms with Crippen molar-refractivity contribution in [3.63, 3.8) is 0 Å². The van der Waals surface area contributed by atoms with Crippen LogP contribution in [-0.2, 0) is 0 Å². The van der Waals surface area contributed by atoms with Gasteiger partial charge in [0, 0.05) is 12.5 Å². The SMILES string of the molecule is CCCNC(CCCC(F)(F)F)CC1CC1. The Morgan fingerprint density at radius 2 is 2.00 bits per heavy atom. The molecule has 1 aliphatic rings. The van der Waals surface area contributed by atoms with Crippen molar-refractivity contribution in [2.24, 2.45) is 5.92 Å². The molecule has 0 radical (unpaired) electrons. The maximum Gasteiger partial charge on any atom is 0.389 e. The summed E-state index contributed by atoms with van der Waals surface area (Å²) in [6.07, 6.45) is 0.940. The summed E-state index contributed by atoms with van der Waals surface area (Å²) in [6, 6.07) is 0.301. The molecule has 0 amide bonds. The standard InChI is InChI=1S/C12H22F3N/c1-2-8-16-11(9-10-5-6-10)4-3-7-12(13,14)15/h10-11,16H,2-9H2,1H3. The van der Waals surface area contributed by atoms with Crippen molar-refractivity contribution in [2.45, 2.75) is 64.1 Å². The summed E-state index contributed by atoms with van der Waals surface area (Å²) in [5.41, 5.74) is 0. The topological polar surface area (TPSA) is 12.0 Å². The van der Waals surface area contributed by atoms with Gasteiger partial charge in [-0.3, -0.25) is 0 Å². The lowest BCUT2D eigenvalue weighted by Crippen LogP contribution is -2.30. The highest BCUT2D eigenvalue weighted by molar-refractivity contribution is 4.80. The quantitative estimate of drug-likeness (QED) is 0.675. The maximum absolute atomic E-state index is 12.0. The first kappa shape index (κ1) is 13.8. The molecule has 96 valence electrons. The van der Waals surface area contributed by atoms with Crippen LogP contribution in [0.25, 0.3) is 0 Å². The Hall–Kier alpha value is -0.250. The molecule has 0 aromatic rings. The van der Waals surface area contributed by atoms with E-state index in [0.29, 0.717) is 12.5 Å². The van der Waals surface area contributed by atoms with Gasteiger partial charge in [0.15, 0.2) is 0 Å². The molecule has 1 N–H and O–H groups in total. The average molecular weight is 237 g/mol. The molecule has 1 unspecified atom stereocenters. The number of alkyl halides is 3. The minimum atomic E-state index is -3.99. The zero-order valence-electron chi connectivity index (χ0n) is 9.95. The van der Waals surface area contributed by atoms with Gasteiger partial charge in [-0.2, -0.15) is 13.2 Å². The van der Waals surface area contributed by atoms with Crippen molar-refractivity contribution in [2.75, 3.05) is 6.54 Å². The lowest BCUT2D eigenvalue weighted by Gasteiger charge is -2.18. The molecule has 1 nitrogen and oxygen atoms in total. The predicted molar refractivity (Wildman–Crippen MR) is 59.3 cm³/mol. The average Bonchev–Trinajstić information content (AvgIpc) is 2.95. The van der Waals surface area contributed by atoms with Crippen molar-refractivity contribution in [3.8, 4) is 0 Å². The monoisotopic (exact) mass is 237 g/mol. The van der Waals surface area contributed by atoms with Crippen LogP contribution in [0.5, 0.6) is 0 Å². The molecule has 0 aliphatic heterocycles. The van der Waals surface area contributed by atoms with Gasteiger partial charge in [0.1, 0.15) is 0 Å². The fourth-order valence-corrected chi connectivity index (χ4v) is 1.96. The molecular formula is C12H22F3N. The van der Waals surface area contributed by atoms with E-state index in [4.69, 9.17) is 0 Å². The highest BCUT2D eigenvalue weighted by Gasteiger charge is 2.28. The van der Waals surface area contributed by atoms with E-state index >= 15 is 0 Å². The maximum atomic E-state index is 12.0. The van der Waals surface area contributed by atoms with Crippen LogP contribution in [0.2, 0.25) is 0 Å². The Kier molecular flexibility index (Phi) is 5.59. The first-order chi connectivity index (χ1) is 7.51. The van der Waals surface area contributed by atoms with Gasteiger partial charge in [0.05, 0.1) is 0 Å². The molecule has 0 spiro atoms. The first-order valence-corrected chi connectivity index (χ1v) is 6.31. The Bertz CT molecular complexity index is 187. The van der Waals surface area contributed by atoms with E-state index in [2.05, 4.69) is 12.2 Å². The Labute approximate surface area is 95.8 Å². The molecule has 0 aromatic heterocycles. The van der Waals surface area contributed by atoms with Crippen molar-refractivity contribution in [1.29, 1.82) is 0 Å². The second kappa shape index (κ2) is 6.48. The van der Waals surface area contributed by atoms with Gasteiger partial charge in [-0.1, -0.05) is 19.8 Å². The highest BCUT2D eigenvalue weighted by Crippen LogP contribution is 2.34. The number of halogens is 3. The van der Waals surface area contributed by atoms with Crippen molar-refractivity contribution >= 4 is 0 Å². The van der Waals surface area contributed by atoms with Crippen LogP contribution in [-0.4, -0.2) is 18.8 Å². The third-order valence-electron chi connectivity index (χ3n) is 3.01. The highest BCUT2D eigenvalue weighted by atomic mass is 19.4. The molecule has 0 bridgehead atoms. The molecule has 16 heavy (non-hydrogen) atoms. The molecule has 1 fully saturated rings. The summed E-state index contributed by atoms with van der Waals surface area (Å²) in [5, 5.41) is 3.36. The van der Waals surface area contributed by atoms with Crippen molar-refractivity contribution in [1.82, 2.24) is 5.32 Å². The Morgan fingerprint density at radius 1 is 1.31 bits per heavy atom. The minimum Gasteiger partial charge on any atom is -0.314 e. The Morgan fingerprint density at radius 3 is 2.50 bits per heavy atom. The van der Waals surface area contributed by atoms with E-state index in [1.807, 2.05) is 0 Å². The van der Waals surface area contributed by atoms with Gasteiger partial charge < -0.3 is 5.32 Å². The zero-order valence-corrected chi connectivity index (χ0v) is 9.95. The summed E-state index contributed by atoms with van der Waals surface area (Å²) < 4.78 is 36.0. The second-order valence-corrected chi connectivity index (χ2v) is 4.84. The molecule has 0 aromatic carbocycles.